The molecule has 4 nitrogen and oxygen atoms in total. The number of fused-ring (bicyclic) bond motifs is 1. The van der Waals surface area contributed by atoms with Gasteiger partial charge in [-0.2, -0.15) is 0 Å². The van der Waals surface area contributed by atoms with Crippen LogP contribution in [0.2, 0.25) is 0 Å². The van der Waals surface area contributed by atoms with E-state index in [-0.39, 0.29) is 0 Å². The Hall–Kier alpha value is -1.39. The van der Waals surface area contributed by atoms with Crippen molar-refractivity contribution in [1.29, 1.82) is 0 Å². The summed E-state index contributed by atoms with van der Waals surface area (Å²) in [6.45, 7) is 5.01. The molecule has 3 saturated heterocycles. The topological polar surface area (TPSA) is 32.8 Å². The molecule has 0 N–H and O–H groups in total. The molecule has 0 aromatic heterocycles. The van der Waals surface area contributed by atoms with E-state index in [1.165, 1.54) is 24.9 Å². The van der Waals surface area contributed by atoms with E-state index in [2.05, 4.69) is 40.1 Å². The maximum Gasteiger partial charge on any atom is 0.222 e. The van der Waals surface area contributed by atoms with E-state index in [0.717, 1.165) is 52.0 Å². The first-order chi connectivity index (χ1) is 12.3. The Morgan fingerprint density at radius 1 is 1.04 bits per heavy atom. The minimum Gasteiger partial charge on any atom is -0.381 e. The minimum absolute atomic E-state index is 0.372. The zero-order chi connectivity index (χ0) is 17.1. The molecular formula is C21H30N2O2. The fraction of sp³-hybridized carbons (Fsp3) is 0.667. The summed E-state index contributed by atoms with van der Waals surface area (Å²) in [5.74, 6) is 1.03. The number of benzene rings is 1. The first-order valence-electron chi connectivity index (χ1n) is 9.96. The lowest BCUT2D eigenvalue weighted by Gasteiger charge is -2.49. The molecule has 1 amide bonds. The van der Waals surface area contributed by atoms with Gasteiger partial charge in [0.05, 0.1) is 0 Å². The number of piperidine rings is 2. The number of hydrogen-bond acceptors (Lipinski definition) is 3. The zero-order valence-electron chi connectivity index (χ0n) is 15.1. The average molecular weight is 342 g/mol. The van der Waals surface area contributed by atoms with Crippen LogP contribution in [0.15, 0.2) is 30.3 Å². The third-order valence-corrected chi connectivity index (χ3v) is 6.37. The highest BCUT2D eigenvalue weighted by Crippen LogP contribution is 2.33. The lowest BCUT2D eigenvalue weighted by atomic mass is 9.82. The molecule has 0 spiro atoms. The molecule has 1 aromatic carbocycles. The number of hydrogen-bond donors (Lipinski definition) is 0. The number of ether oxygens (including phenoxy) is 1. The van der Waals surface area contributed by atoms with Crippen LogP contribution in [-0.2, 0) is 16.0 Å². The molecule has 1 aromatic rings. The monoisotopic (exact) mass is 342 g/mol. The van der Waals surface area contributed by atoms with Gasteiger partial charge in [0, 0.05) is 51.4 Å². The Balaban J connectivity index is 1.37. The Kier molecular flexibility index (Phi) is 5.37. The van der Waals surface area contributed by atoms with Crippen LogP contribution in [0.25, 0.3) is 0 Å². The van der Waals surface area contributed by atoms with Crippen LogP contribution in [0, 0.1) is 5.92 Å². The highest BCUT2D eigenvalue weighted by Gasteiger charge is 2.40. The molecule has 0 radical (unpaired) electrons. The Morgan fingerprint density at radius 2 is 1.84 bits per heavy atom. The van der Waals surface area contributed by atoms with Gasteiger partial charge in [-0.05, 0) is 43.6 Å². The van der Waals surface area contributed by atoms with Gasteiger partial charge in [0.15, 0.2) is 0 Å². The molecule has 136 valence electrons. The molecule has 3 aliphatic heterocycles. The van der Waals surface area contributed by atoms with E-state index < -0.39 is 0 Å². The number of amides is 1. The summed E-state index contributed by atoms with van der Waals surface area (Å²) in [4.78, 5) is 17.4. The van der Waals surface area contributed by atoms with Crippen molar-refractivity contribution in [2.75, 3.05) is 32.8 Å². The largest absolute Gasteiger partial charge is 0.381 e. The molecule has 3 heterocycles. The number of nitrogens with zero attached hydrogens (tertiary/aromatic N) is 2. The summed E-state index contributed by atoms with van der Waals surface area (Å²) in [6.07, 6.45) is 6.27. The number of carbonyl (C=O) groups excluding carboxylic acids is 1. The Labute approximate surface area is 151 Å². The van der Waals surface area contributed by atoms with Crippen LogP contribution >= 0.6 is 0 Å². The highest BCUT2D eigenvalue weighted by molar-refractivity contribution is 5.77. The normalized spacial score (nSPS) is 28.8. The van der Waals surface area contributed by atoms with Crippen molar-refractivity contribution in [3.63, 3.8) is 0 Å². The molecule has 2 atom stereocenters. The van der Waals surface area contributed by atoms with Crippen LogP contribution in [0.3, 0.4) is 0 Å². The number of carbonyl (C=O) groups is 1. The van der Waals surface area contributed by atoms with Crippen LogP contribution in [-0.4, -0.2) is 60.6 Å². The van der Waals surface area contributed by atoms with E-state index in [9.17, 15) is 4.79 Å². The lowest BCUT2D eigenvalue weighted by molar-refractivity contribution is -0.141. The predicted molar refractivity (Wildman–Crippen MR) is 98.4 cm³/mol. The molecule has 3 fully saturated rings. The number of likely N-dealkylation sites (tertiary alicyclic amines) is 2. The van der Waals surface area contributed by atoms with Crippen molar-refractivity contribution in [3.05, 3.63) is 35.9 Å². The van der Waals surface area contributed by atoms with E-state index in [0.29, 0.717) is 23.9 Å². The maximum absolute atomic E-state index is 12.5. The lowest BCUT2D eigenvalue weighted by Crippen LogP contribution is -2.58. The molecule has 0 saturated carbocycles. The Morgan fingerprint density at radius 3 is 2.64 bits per heavy atom. The smallest absolute Gasteiger partial charge is 0.222 e. The van der Waals surface area contributed by atoms with E-state index >= 15 is 0 Å². The molecule has 3 aliphatic rings. The number of rotatable bonds is 4. The van der Waals surface area contributed by atoms with Crippen molar-refractivity contribution >= 4 is 5.91 Å². The van der Waals surface area contributed by atoms with Crippen molar-refractivity contribution in [1.82, 2.24) is 9.80 Å². The Bertz CT molecular complexity index is 571. The van der Waals surface area contributed by atoms with Gasteiger partial charge < -0.3 is 9.64 Å². The van der Waals surface area contributed by atoms with Gasteiger partial charge in [0.25, 0.3) is 0 Å². The second-order valence-electron chi connectivity index (χ2n) is 7.82. The molecule has 25 heavy (non-hydrogen) atoms. The first kappa shape index (κ1) is 17.0. The fourth-order valence-electron chi connectivity index (χ4n) is 4.95. The van der Waals surface area contributed by atoms with Gasteiger partial charge in [-0.15, -0.1) is 0 Å². The van der Waals surface area contributed by atoms with Crippen LogP contribution in [0.1, 0.15) is 37.7 Å². The van der Waals surface area contributed by atoms with Crippen LogP contribution in [0.4, 0.5) is 0 Å². The van der Waals surface area contributed by atoms with E-state index in [4.69, 9.17) is 4.74 Å². The van der Waals surface area contributed by atoms with Gasteiger partial charge in [0.2, 0.25) is 5.91 Å². The quantitative estimate of drug-likeness (QED) is 0.843. The van der Waals surface area contributed by atoms with E-state index in [1.54, 1.807) is 0 Å². The van der Waals surface area contributed by atoms with Crippen molar-refractivity contribution in [3.8, 4) is 0 Å². The fourth-order valence-corrected chi connectivity index (χ4v) is 4.95. The van der Waals surface area contributed by atoms with Crippen molar-refractivity contribution in [2.24, 2.45) is 5.92 Å². The third-order valence-electron chi connectivity index (χ3n) is 6.37. The summed E-state index contributed by atoms with van der Waals surface area (Å²) < 4.78 is 5.52. The van der Waals surface area contributed by atoms with Gasteiger partial charge >= 0.3 is 0 Å². The highest BCUT2D eigenvalue weighted by atomic mass is 16.5. The molecular weight excluding hydrogens is 312 g/mol. The zero-order valence-corrected chi connectivity index (χ0v) is 15.1. The van der Waals surface area contributed by atoms with E-state index in [1.807, 2.05) is 0 Å². The average Bonchev–Trinajstić information content (AvgIpc) is 2.68. The SMILES string of the molecule is O=C1CC[C@H]2CN(C3CCOCC3)CC[C@H]2N1CCc1ccccc1. The van der Waals surface area contributed by atoms with Gasteiger partial charge in [-0.3, -0.25) is 9.69 Å². The van der Waals surface area contributed by atoms with Gasteiger partial charge in [0.1, 0.15) is 0 Å². The predicted octanol–water partition coefficient (Wildman–Crippen LogP) is 2.72. The summed E-state index contributed by atoms with van der Waals surface area (Å²) in [5, 5.41) is 0. The molecule has 0 unspecified atom stereocenters. The maximum atomic E-state index is 12.5. The van der Waals surface area contributed by atoms with Crippen LogP contribution < -0.4 is 0 Å². The first-order valence-corrected chi connectivity index (χ1v) is 9.96. The second-order valence-corrected chi connectivity index (χ2v) is 7.82. The van der Waals surface area contributed by atoms with Crippen molar-refractivity contribution in [2.45, 2.75) is 50.6 Å². The summed E-state index contributed by atoms with van der Waals surface area (Å²) >= 11 is 0. The molecule has 0 bridgehead atoms. The molecule has 4 heteroatoms. The van der Waals surface area contributed by atoms with Crippen molar-refractivity contribution < 1.29 is 9.53 Å². The molecule has 4 rings (SSSR count). The van der Waals surface area contributed by atoms with Gasteiger partial charge in [-0.25, -0.2) is 0 Å². The second kappa shape index (κ2) is 7.88. The van der Waals surface area contributed by atoms with Crippen LogP contribution in [0.5, 0.6) is 0 Å². The third kappa shape index (κ3) is 3.90. The molecule has 0 aliphatic carbocycles. The summed E-state index contributed by atoms with van der Waals surface area (Å²) in [6, 6.07) is 11.7. The summed E-state index contributed by atoms with van der Waals surface area (Å²) in [5.41, 5.74) is 1.33. The summed E-state index contributed by atoms with van der Waals surface area (Å²) in [7, 11) is 0. The standard InChI is InChI=1S/C21H30N2O2/c24-21-7-6-18-16-22(19-10-14-25-15-11-19)12-9-20(18)23(21)13-8-17-4-2-1-3-5-17/h1-5,18-20H,6-16H2/t18-,20+/m0/s1. The minimum atomic E-state index is 0.372. The van der Waals surface area contributed by atoms with Gasteiger partial charge in [-0.1, -0.05) is 30.3 Å².